The molecule has 0 saturated carbocycles. The number of thiophene rings is 1. The van der Waals surface area contributed by atoms with Crippen LogP contribution in [0.4, 0.5) is 5.95 Å². The largest absolute Gasteiger partial charge is 0.368 e. The van der Waals surface area contributed by atoms with Crippen LogP contribution in [0.25, 0.3) is 10.6 Å². The van der Waals surface area contributed by atoms with Crippen molar-refractivity contribution in [1.82, 2.24) is 25.1 Å². The molecule has 1 amide bonds. The number of amides is 1. The minimum absolute atomic E-state index is 0.135. The first-order chi connectivity index (χ1) is 12.6. The Labute approximate surface area is 155 Å². The predicted molar refractivity (Wildman–Crippen MR) is 101 cm³/mol. The van der Waals surface area contributed by atoms with E-state index in [0.29, 0.717) is 12.2 Å². The van der Waals surface area contributed by atoms with Gasteiger partial charge in [-0.15, -0.1) is 11.3 Å². The summed E-state index contributed by atoms with van der Waals surface area (Å²) in [5.74, 6) is 0.0356. The van der Waals surface area contributed by atoms with Gasteiger partial charge in [-0.05, 0) is 43.2 Å². The molecule has 0 aliphatic heterocycles. The Bertz CT molecular complexity index is 933. The first kappa shape index (κ1) is 16.7. The minimum Gasteiger partial charge on any atom is -0.368 e. The normalized spacial score (nSPS) is 13.4. The van der Waals surface area contributed by atoms with E-state index in [1.54, 1.807) is 23.3 Å². The minimum atomic E-state index is -0.135. The maximum absolute atomic E-state index is 13.0. The number of fused-ring (bicyclic) bond motifs is 1. The van der Waals surface area contributed by atoms with Crippen molar-refractivity contribution in [3.8, 4) is 10.6 Å². The van der Waals surface area contributed by atoms with Crippen molar-refractivity contribution in [1.29, 1.82) is 0 Å². The molecule has 0 atom stereocenters. The molecule has 3 aromatic heterocycles. The van der Waals surface area contributed by atoms with Crippen molar-refractivity contribution in [2.45, 2.75) is 32.2 Å². The number of nitrogens with two attached hydrogens (primary N) is 1. The molecule has 7 nitrogen and oxygen atoms in total. The molecule has 3 heterocycles. The molecular weight excluding hydrogens is 348 g/mol. The molecule has 0 bridgehead atoms. The number of rotatable bonds is 4. The zero-order chi connectivity index (χ0) is 18.1. The third-order valence-electron chi connectivity index (χ3n) is 4.56. The fourth-order valence-corrected chi connectivity index (χ4v) is 3.98. The molecule has 0 unspecified atom stereocenters. The van der Waals surface area contributed by atoms with E-state index in [2.05, 4.69) is 20.2 Å². The first-order valence-corrected chi connectivity index (χ1v) is 9.48. The number of hydrogen-bond donors (Lipinski definition) is 2. The summed E-state index contributed by atoms with van der Waals surface area (Å²) in [4.78, 5) is 24.3. The number of carbonyl (C=O) groups excluding carboxylic acids is 1. The summed E-state index contributed by atoms with van der Waals surface area (Å²) in [5.41, 5.74) is 9.89. The fraction of sp³-hybridized carbons (Fsp3) is 0.333. The van der Waals surface area contributed by atoms with Crippen molar-refractivity contribution < 1.29 is 4.79 Å². The highest BCUT2D eigenvalue weighted by Gasteiger charge is 2.24. The monoisotopic (exact) mass is 368 g/mol. The van der Waals surface area contributed by atoms with Crippen LogP contribution in [0.15, 0.2) is 23.6 Å². The third kappa shape index (κ3) is 3.20. The number of hydrogen-bond acceptors (Lipinski definition) is 6. The van der Waals surface area contributed by atoms with E-state index < -0.39 is 0 Å². The van der Waals surface area contributed by atoms with E-state index in [0.717, 1.165) is 53.2 Å². The second-order valence-electron chi connectivity index (χ2n) is 6.48. The average Bonchev–Trinajstić information content (AvgIpc) is 3.31. The molecular formula is C18H20N6OS. The van der Waals surface area contributed by atoms with Gasteiger partial charge in [-0.3, -0.25) is 9.89 Å². The van der Waals surface area contributed by atoms with Crippen LogP contribution in [-0.4, -0.2) is 38.0 Å². The molecule has 8 heteroatoms. The quantitative estimate of drug-likeness (QED) is 0.737. The van der Waals surface area contributed by atoms with Crippen LogP contribution in [0.5, 0.6) is 0 Å². The number of nitrogens with zero attached hydrogens (tertiary/aromatic N) is 4. The van der Waals surface area contributed by atoms with Gasteiger partial charge in [-0.2, -0.15) is 5.10 Å². The van der Waals surface area contributed by atoms with Crippen LogP contribution in [0.1, 0.15) is 40.3 Å². The van der Waals surface area contributed by atoms with E-state index in [1.807, 2.05) is 23.6 Å². The Balaban J connectivity index is 1.55. The molecule has 26 heavy (non-hydrogen) atoms. The van der Waals surface area contributed by atoms with Gasteiger partial charge in [-0.1, -0.05) is 6.07 Å². The maximum atomic E-state index is 13.0. The molecule has 1 aliphatic rings. The van der Waals surface area contributed by atoms with Crippen molar-refractivity contribution in [3.63, 3.8) is 0 Å². The number of nitrogens with one attached hydrogen (secondary N) is 1. The van der Waals surface area contributed by atoms with Gasteiger partial charge in [-0.25, -0.2) is 9.97 Å². The molecule has 134 valence electrons. The summed E-state index contributed by atoms with van der Waals surface area (Å²) in [7, 11) is 1.77. The molecule has 0 radical (unpaired) electrons. The topological polar surface area (TPSA) is 101 Å². The van der Waals surface area contributed by atoms with Gasteiger partial charge in [0, 0.05) is 18.3 Å². The molecule has 0 spiro atoms. The molecule has 4 rings (SSSR count). The number of H-pyrrole nitrogens is 1. The van der Waals surface area contributed by atoms with E-state index in [-0.39, 0.29) is 11.9 Å². The number of aryl methyl sites for hydroxylation is 1. The fourth-order valence-electron chi connectivity index (χ4n) is 3.29. The van der Waals surface area contributed by atoms with Gasteiger partial charge in [0.1, 0.15) is 11.4 Å². The zero-order valence-corrected chi connectivity index (χ0v) is 15.3. The van der Waals surface area contributed by atoms with E-state index in [9.17, 15) is 4.79 Å². The Kier molecular flexibility index (Phi) is 4.42. The lowest BCUT2D eigenvalue weighted by Crippen LogP contribution is -2.30. The molecule has 0 saturated heterocycles. The highest BCUT2D eigenvalue weighted by Crippen LogP contribution is 2.25. The summed E-state index contributed by atoms with van der Waals surface area (Å²) in [6.07, 6.45) is 3.81. The smallest absolute Gasteiger partial charge is 0.273 e. The lowest BCUT2D eigenvalue weighted by molar-refractivity contribution is 0.0776. The predicted octanol–water partition coefficient (Wildman–Crippen LogP) is 2.66. The standard InChI is InChI=1S/C18H20N6OS/c1-24(10-11-9-14(23-22-11)15-7-4-8-26-15)17(25)16-12-5-2-3-6-13(12)20-18(19)21-16/h4,7-9H,2-3,5-6,10H2,1H3,(H,22,23)(H2,19,20,21). The summed E-state index contributed by atoms with van der Waals surface area (Å²) in [5, 5.41) is 9.36. The number of nitrogen functional groups attached to an aromatic ring is 1. The third-order valence-corrected chi connectivity index (χ3v) is 5.45. The lowest BCUT2D eigenvalue weighted by Gasteiger charge is -2.21. The number of aromatic amines is 1. The number of aromatic nitrogens is 4. The van der Waals surface area contributed by atoms with E-state index >= 15 is 0 Å². The van der Waals surface area contributed by atoms with Gasteiger partial charge in [0.05, 0.1) is 17.1 Å². The maximum Gasteiger partial charge on any atom is 0.273 e. The van der Waals surface area contributed by atoms with Crippen LogP contribution >= 0.6 is 11.3 Å². The van der Waals surface area contributed by atoms with Gasteiger partial charge < -0.3 is 10.6 Å². The average molecular weight is 368 g/mol. The van der Waals surface area contributed by atoms with Gasteiger partial charge in [0.2, 0.25) is 5.95 Å². The highest BCUT2D eigenvalue weighted by atomic mass is 32.1. The van der Waals surface area contributed by atoms with Crippen LogP contribution in [0.2, 0.25) is 0 Å². The van der Waals surface area contributed by atoms with Crippen molar-refractivity contribution in [2.24, 2.45) is 0 Å². The Morgan fingerprint density at radius 3 is 3.00 bits per heavy atom. The Morgan fingerprint density at radius 2 is 2.19 bits per heavy atom. The first-order valence-electron chi connectivity index (χ1n) is 8.60. The Morgan fingerprint density at radius 1 is 1.35 bits per heavy atom. The number of anilines is 1. The number of carbonyl (C=O) groups is 1. The lowest BCUT2D eigenvalue weighted by atomic mass is 9.94. The van der Waals surface area contributed by atoms with Crippen LogP contribution in [0, 0.1) is 0 Å². The molecule has 0 fully saturated rings. The summed E-state index contributed by atoms with van der Waals surface area (Å²) >= 11 is 1.63. The molecule has 3 N–H and O–H groups in total. The van der Waals surface area contributed by atoms with Gasteiger partial charge in [0.15, 0.2) is 0 Å². The van der Waals surface area contributed by atoms with Crippen molar-refractivity contribution >= 4 is 23.2 Å². The summed E-state index contributed by atoms with van der Waals surface area (Å²) < 4.78 is 0. The van der Waals surface area contributed by atoms with Gasteiger partial charge >= 0.3 is 0 Å². The van der Waals surface area contributed by atoms with E-state index in [4.69, 9.17) is 5.73 Å². The van der Waals surface area contributed by atoms with Crippen LogP contribution in [-0.2, 0) is 19.4 Å². The van der Waals surface area contributed by atoms with Gasteiger partial charge in [0.25, 0.3) is 5.91 Å². The SMILES string of the molecule is CN(Cc1cc(-c2cccs2)n[nH]1)C(=O)c1nc(N)nc2c1CCCC2. The van der Waals surface area contributed by atoms with Crippen LogP contribution < -0.4 is 5.73 Å². The van der Waals surface area contributed by atoms with E-state index in [1.165, 1.54) is 0 Å². The molecule has 1 aliphatic carbocycles. The summed E-state index contributed by atoms with van der Waals surface area (Å²) in [6.45, 7) is 0.426. The molecule has 0 aromatic carbocycles. The zero-order valence-electron chi connectivity index (χ0n) is 14.5. The van der Waals surface area contributed by atoms with Crippen LogP contribution in [0.3, 0.4) is 0 Å². The second kappa shape index (κ2) is 6.87. The second-order valence-corrected chi connectivity index (χ2v) is 7.43. The highest BCUT2D eigenvalue weighted by molar-refractivity contribution is 7.13. The van der Waals surface area contributed by atoms with Crippen molar-refractivity contribution in [3.05, 3.63) is 46.2 Å². The van der Waals surface area contributed by atoms with Crippen molar-refractivity contribution in [2.75, 3.05) is 12.8 Å². The molecule has 3 aromatic rings. The summed E-state index contributed by atoms with van der Waals surface area (Å²) in [6, 6.07) is 5.99. The Hall–Kier alpha value is -2.74.